The normalized spacial score (nSPS) is 24.4. The van der Waals surface area contributed by atoms with E-state index < -0.39 is 0 Å². The van der Waals surface area contributed by atoms with E-state index in [9.17, 15) is 4.79 Å². The standard InChI is InChI=1S/C16H21NO/c1-13-10-14(2)12-17(11-13)16(18)9-8-15-6-4-3-5-7-15/h3-9,13-14H,10-12H2,1-2H3/b9-8+/t13-,14+. The first kappa shape index (κ1) is 12.9. The molecule has 1 aliphatic heterocycles. The van der Waals surface area contributed by atoms with Gasteiger partial charge >= 0.3 is 0 Å². The minimum atomic E-state index is 0.136. The van der Waals surface area contributed by atoms with Crippen molar-refractivity contribution in [1.82, 2.24) is 4.90 Å². The second-order valence-electron chi connectivity index (χ2n) is 5.43. The van der Waals surface area contributed by atoms with Gasteiger partial charge in [-0.25, -0.2) is 0 Å². The maximum atomic E-state index is 12.1. The fourth-order valence-electron chi connectivity index (χ4n) is 2.68. The largest absolute Gasteiger partial charge is 0.339 e. The topological polar surface area (TPSA) is 20.3 Å². The molecule has 0 aromatic heterocycles. The van der Waals surface area contributed by atoms with E-state index in [4.69, 9.17) is 0 Å². The third kappa shape index (κ3) is 3.46. The van der Waals surface area contributed by atoms with Crippen LogP contribution in [0.3, 0.4) is 0 Å². The van der Waals surface area contributed by atoms with Gasteiger partial charge in [0.1, 0.15) is 0 Å². The molecule has 2 heteroatoms. The third-order valence-corrected chi connectivity index (χ3v) is 3.40. The van der Waals surface area contributed by atoms with Gasteiger partial charge in [-0.2, -0.15) is 0 Å². The van der Waals surface area contributed by atoms with E-state index in [1.54, 1.807) is 6.08 Å². The lowest BCUT2D eigenvalue weighted by Crippen LogP contribution is -2.41. The van der Waals surface area contributed by atoms with Crippen molar-refractivity contribution in [3.63, 3.8) is 0 Å². The molecule has 1 aromatic carbocycles. The molecule has 2 rings (SSSR count). The molecule has 0 spiro atoms. The molecule has 1 heterocycles. The summed E-state index contributed by atoms with van der Waals surface area (Å²) in [6.07, 6.45) is 4.82. The number of hydrogen-bond donors (Lipinski definition) is 0. The van der Waals surface area contributed by atoms with Gasteiger partial charge in [0, 0.05) is 19.2 Å². The van der Waals surface area contributed by atoms with E-state index in [0.29, 0.717) is 11.8 Å². The summed E-state index contributed by atoms with van der Waals surface area (Å²) in [6, 6.07) is 9.95. The molecular weight excluding hydrogens is 222 g/mol. The molecule has 1 saturated heterocycles. The highest BCUT2D eigenvalue weighted by molar-refractivity contribution is 5.91. The van der Waals surface area contributed by atoms with Crippen molar-refractivity contribution < 1.29 is 4.79 Å². The van der Waals surface area contributed by atoms with Crippen LogP contribution in [-0.2, 0) is 4.79 Å². The number of hydrogen-bond acceptors (Lipinski definition) is 1. The highest BCUT2D eigenvalue weighted by Gasteiger charge is 2.23. The second kappa shape index (κ2) is 5.85. The number of likely N-dealkylation sites (tertiary alicyclic amines) is 1. The van der Waals surface area contributed by atoms with E-state index in [1.165, 1.54) is 6.42 Å². The van der Waals surface area contributed by atoms with Crippen LogP contribution in [0.5, 0.6) is 0 Å². The Hall–Kier alpha value is -1.57. The first-order valence-electron chi connectivity index (χ1n) is 6.67. The Bertz CT molecular complexity index is 414. The smallest absolute Gasteiger partial charge is 0.246 e. The predicted molar refractivity (Wildman–Crippen MR) is 75.0 cm³/mol. The number of nitrogens with zero attached hydrogens (tertiary/aromatic N) is 1. The van der Waals surface area contributed by atoms with Gasteiger partial charge in [0.15, 0.2) is 0 Å². The first-order valence-corrected chi connectivity index (χ1v) is 6.67. The molecule has 0 saturated carbocycles. The highest BCUT2D eigenvalue weighted by atomic mass is 16.2. The van der Waals surface area contributed by atoms with Gasteiger partial charge in [0.2, 0.25) is 5.91 Å². The summed E-state index contributed by atoms with van der Waals surface area (Å²) in [6.45, 7) is 6.22. The average molecular weight is 243 g/mol. The fourth-order valence-corrected chi connectivity index (χ4v) is 2.68. The maximum Gasteiger partial charge on any atom is 0.246 e. The van der Waals surface area contributed by atoms with Crippen molar-refractivity contribution in [3.05, 3.63) is 42.0 Å². The number of amides is 1. The van der Waals surface area contributed by atoms with Gasteiger partial charge in [-0.1, -0.05) is 44.2 Å². The monoisotopic (exact) mass is 243 g/mol. The number of carbonyl (C=O) groups is 1. The number of rotatable bonds is 2. The summed E-state index contributed by atoms with van der Waals surface area (Å²) >= 11 is 0. The quantitative estimate of drug-likeness (QED) is 0.730. The Labute approximate surface area is 109 Å². The molecule has 18 heavy (non-hydrogen) atoms. The lowest BCUT2D eigenvalue weighted by molar-refractivity contribution is -0.128. The zero-order valence-corrected chi connectivity index (χ0v) is 11.2. The molecule has 0 bridgehead atoms. The molecule has 1 aliphatic rings. The Morgan fingerprint density at radius 1 is 1.17 bits per heavy atom. The fraction of sp³-hybridized carbons (Fsp3) is 0.438. The average Bonchev–Trinajstić information content (AvgIpc) is 2.36. The van der Waals surface area contributed by atoms with Crippen LogP contribution in [0, 0.1) is 11.8 Å². The number of carbonyl (C=O) groups excluding carboxylic acids is 1. The minimum Gasteiger partial charge on any atom is -0.339 e. The van der Waals surface area contributed by atoms with E-state index >= 15 is 0 Å². The Kier molecular flexibility index (Phi) is 4.19. The first-order chi connectivity index (χ1) is 8.65. The lowest BCUT2D eigenvalue weighted by Gasteiger charge is -2.34. The van der Waals surface area contributed by atoms with E-state index in [-0.39, 0.29) is 5.91 Å². The molecule has 2 nitrogen and oxygen atoms in total. The van der Waals surface area contributed by atoms with Gasteiger partial charge < -0.3 is 4.90 Å². The molecule has 0 aliphatic carbocycles. The summed E-state index contributed by atoms with van der Waals surface area (Å²) in [5.74, 6) is 1.36. The van der Waals surface area contributed by atoms with Crippen molar-refractivity contribution in [2.45, 2.75) is 20.3 Å². The van der Waals surface area contributed by atoms with Crippen LogP contribution in [0.4, 0.5) is 0 Å². The molecule has 2 atom stereocenters. The zero-order chi connectivity index (χ0) is 13.0. The van der Waals surface area contributed by atoms with Crippen molar-refractivity contribution in [1.29, 1.82) is 0 Å². The third-order valence-electron chi connectivity index (χ3n) is 3.40. The maximum absolute atomic E-state index is 12.1. The molecule has 1 amide bonds. The highest BCUT2D eigenvalue weighted by Crippen LogP contribution is 2.21. The summed E-state index contributed by atoms with van der Waals surface area (Å²) in [4.78, 5) is 14.1. The van der Waals surface area contributed by atoms with Crippen molar-refractivity contribution >= 4 is 12.0 Å². The predicted octanol–water partition coefficient (Wildman–Crippen LogP) is 3.20. The van der Waals surface area contributed by atoms with Crippen LogP contribution in [0.15, 0.2) is 36.4 Å². The molecule has 0 N–H and O–H groups in total. The van der Waals surface area contributed by atoms with Crippen LogP contribution in [0.25, 0.3) is 6.08 Å². The van der Waals surface area contributed by atoms with Gasteiger partial charge in [0.25, 0.3) is 0 Å². The summed E-state index contributed by atoms with van der Waals surface area (Å²) in [5.41, 5.74) is 1.07. The SMILES string of the molecule is C[C@@H]1C[C@H](C)CN(C(=O)/C=C/c2ccccc2)C1. The Morgan fingerprint density at radius 3 is 2.39 bits per heavy atom. The van der Waals surface area contributed by atoms with Crippen molar-refractivity contribution in [2.75, 3.05) is 13.1 Å². The van der Waals surface area contributed by atoms with Gasteiger partial charge in [-0.05, 0) is 29.9 Å². The van der Waals surface area contributed by atoms with Crippen molar-refractivity contribution in [2.24, 2.45) is 11.8 Å². The zero-order valence-electron chi connectivity index (χ0n) is 11.2. The molecule has 0 unspecified atom stereocenters. The van der Waals surface area contributed by atoms with E-state index in [0.717, 1.165) is 18.7 Å². The summed E-state index contributed by atoms with van der Waals surface area (Å²) in [5, 5.41) is 0. The van der Waals surface area contributed by atoms with E-state index in [1.807, 2.05) is 41.3 Å². The number of benzene rings is 1. The summed E-state index contributed by atoms with van der Waals surface area (Å²) < 4.78 is 0. The molecule has 96 valence electrons. The molecule has 1 fully saturated rings. The van der Waals surface area contributed by atoms with Crippen LogP contribution >= 0.6 is 0 Å². The summed E-state index contributed by atoms with van der Waals surface area (Å²) in [7, 11) is 0. The Morgan fingerprint density at radius 2 is 1.78 bits per heavy atom. The van der Waals surface area contributed by atoms with Crippen LogP contribution < -0.4 is 0 Å². The van der Waals surface area contributed by atoms with Crippen molar-refractivity contribution in [3.8, 4) is 0 Å². The Balaban J connectivity index is 1.97. The molecular formula is C16H21NO. The van der Waals surface area contributed by atoms with E-state index in [2.05, 4.69) is 13.8 Å². The lowest BCUT2D eigenvalue weighted by atomic mass is 9.92. The van der Waals surface area contributed by atoms with Crippen LogP contribution in [0.2, 0.25) is 0 Å². The van der Waals surface area contributed by atoms with Gasteiger partial charge in [-0.15, -0.1) is 0 Å². The second-order valence-corrected chi connectivity index (χ2v) is 5.43. The molecule has 1 aromatic rings. The van der Waals surface area contributed by atoms with Crippen LogP contribution in [-0.4, -0.2) is 23.9 Å². The van der Waals surface area contributed by atoms with Gasteiger partial charge in [0.05, 0.1) is 0 Å². The van der Waals surface area contributed by atoms with Crippen LogP contribution in [0.1, 0.15) is 25.8 Å². The number of piperidine rings is 1. The minimum absolute atomic E-state index is 0.136. The van der Waals surface area contributed by atoms with Gasteiger partial charge in [-0.3, -0.25) is 4.79 Å². The molecule has 0 radical (unpaired) electrons.